The molecule has 0 heterocycles. The van der Waals surface area contributed by atoms with Gasteiger partial charge in [0.2, 0.25) is 0 Å². The van der Waals surface area contributed by atoms with Gasteiger partial charge in [0.25, 0.3) is 0 Å². The topological polar surface area (TPSA) is 0 Å². The van der Waals surface area contributed by atoms with Gasteiger partial charge in [-0.25, -0.2) is 13.2 Å². The lowest BCUT2D eigenvalue weighted by molar-refractivity contribution is 0.319. The van der Waals surface area contributed by atoms with E-state index < -0.39 is 17.5 Å². The van der Waals surface area contributed by atoms with Gasteiger partial charge in [0.15, 0.2) is 11.6 Å². The maximum Gasteiger partial charge on any atom is 0.170 e. The zero-order chi connectivity index (χ0) is 22.7. The summed E-state index contributed by atoms with van der Waals surface area (Å²) in [4.78, 5) is 0. The van der Waals surface area contributed by atoms with Crippen molar-refractivity contribution < 1.29 is 13.2 Å². The minimum Gasteiger partial charge on any atom is -0.206 e. The monoisotopic (exact) mass is 438 g/mol. The smallest absolute Gasteiger partial charge is 0.170 e. The molecule has 1 saturated carbocycles. The fourth-order valence-corrected chi connectivity index (χ4v) is 5.23. The van der Waals surface area contributed by atoms with E-state index in [1.807, 2.05) is 24.3 Å². The van der Waals surface area contributed by atoms with Crippen LogP contribution in [0.3, 0.4) is 0 Å². The molecular weight excluding hydrogens is 405 g/mol. The van der Waals surface area contributed by atoms with Crippen molar-refractivity contribution in [2.75, 3.05) is 0 Å². The van der Waals surface area contributed by atoms with E-state index in [9.17, 15) is 8.78 Å². The standard InChI is InChI=1S/C29H33F3/c1-3-5-6-7-23-16-17-24-18-25(28(31)29(32)26(24)27(23)30)22-14-12-21(13-15-22)20-10-8-19(4-2)9-11-20/h12-20H,3-11H2,1-2H3. The molecule has 170 valence electrons. The number of hydrogen-bond acceptors (Lipinski definition) is 0. The molecule has 3 aromatic rings. The average Bonchev–Trinajstić information content (AvgIpc) is 2.83. The van der Waals surface area contributed by atoms with Crippen molar-refractivity contribution in [3.63, 3.8) is 0 Å². The Morgan fingerprint density at radius 2 is 1.50 bits per heavy atom. The van der Waals surface area contributed by atoms with E-state index in [1.54, 1.807) is 18.2 Å². The molecule has 32 heavy (non-hydrogen) atoms. The average molecular weight is 439 g/mol. The molecular formula is C29H33F3. The Kier molecular flexibility index (Phi) is 7.23. The SMILES string of the molecule is CCCCCc1ccc2cc(-c3ccc(C4CCC(CC)CC4)cc3)c(F)c(F)c2c1F. The molecule has 0 unspecified atom stereocenters. The number of hydrogen-bond donors (Lipinski definition) is 0. The summed E-state index contributed by atoms with van der Waals surface area (Å²) in [5.74, 6) is -1.30. The van der Waals surface area contributed by atoms with Crippen LogP contribution in [0.5, 0.6) is 0 Å². The molecule has 0 aromatic heterocycles. The van der Waals surface area contributed by atoms with Gasteiger partial charge in [0.1, 0.15) is 5.82 Å². The van der Waals surface area contributed by atoms with Gasteiger partial charge in [-0.1, -0.05) is 69.5 Å². The molecule has 1 aliphatic rings. The van der Waals surface area contributed by atoms with E-state index in [0.717, 1.165) is 25.2 Å². The van der Waals surface area contributed by atoms with Gasteiger partial charge >= 0.3 is 0 Å². The van der Waals surface area contributed by atoms with Crippen molar-refractivity contribution in [1.82, 2.24) is 0 Å². The van der Waals surface area contributed by atoms with Crippen LogP contribution in [-0.4, -0.2) is 0 Å². The highest BCUT2D eigenvalue weighted by Gasteiger charge is 2.22. The lowest BCUT2D eigenvalue weighted by atomic mass is 9.77. The second-order valence-corrected chi connectivity index (χ2v) is 9.39. The third-order valence-corrected chi connectivity index (χ3v) is 7.37. The van der Waals surface area contributed by atoms with Crippen molar-refractivity contribution in [1.29, 1.82) is 0 Å². The number of fused-ring (bicyclic) bond motifs is 1. The summed E-state index contributed by atoms with van der Waals surface area (Å²) in [7, 11) is 0. The van der Waals surface area contributed by atoms with Crippen molar-refractivity contribution in [3.8, 4) is 11.1 Å². The second-order valence-electron chi connectivity index (χ2n) is 9.39. The summed E-state index contributed by atoms with van der Waals surface area (Å²) in [5.41, 5.74) is 2.54. The van der Waals surface area contributed by atoms with Crippen molar-refractivity contribution >= 4 is 10.8 Å². The molecule has 0 aliphatic heterocycles. The minimum atomic E-state index is -1.09. The van der Waals surface area contributed by atoms with Crippen LogP contribution in [0.1, 0.15) is 82.3 Å². The first-order valence-electron chi connectivity index (χ1n) is 12.2. The number of unbranched alkanes of at least 4 members (excludes halogenated alkanes) is 2. The molecule has 0 saturated heterocycles. The summed E-state index contributed by atoms with van der Waals surface area (Å²) >= 11 is 0. The van der Waals surface area contributed by atoms with Crippen LogP contribution in [0.4, 0.5) is 13.2 Å². The highest BCUT2D eigenvalue weighted by atomic mass is 19.2. The zero-order valence-electron chi connectivity index (χ0n) is 19.2. The molecule has 0 bridgehead atoms. The van der Waals surface area contributed by atoms with Gasteiger partial charge in [-0.05, 0) is 78.5 Å². The Labute approximate surface area is 189 Å². The highest BCUT2D eigenvalue weighted by molar-refractivity contribution is 5.89. The van der Waals surface area contributed by atoms with Crippen LogP contribution in [-0.2, 0) is 6.42 Å². The minimum absolute atomic E-state index is 0.189. The maximum atomic E-state index is 15.0. The Bertz CT molecular complexity index is 1060. The lowest BCUT2D eigenvalue weighted by Gasteiger charge is -2.28. The normalized spacial score (nSPS) is 18.9. The molecule has 0 spiro atoms. The van der Waals surface area contributed by atoms with Gasteiger partial charge < -0.3 is 0 Å². The molecule has 0 N–H and O–H groups in total. The largest absolute Gasteiger partial charge is 0.206 e. The molecule has 4 rings (SSSR count). The van der Waals surface area contributed by atoms with Gasteiger partial charge in [-0.15, -0.1) is 0 Å². The zero-order valence-corrected chi connectivity index (χ0v) is 19.2. The van der Waals surface area contributed by atoms with Crippen molar-refractivity contribution in [2.24, 2.45) is 5.92 Å². The number of benzene rings is 3. The van der Waals surface area contributed by atoms with Gasteiger partial charge in [0.05, 0.1) is 5.39 Å². The van der Waals surface area contributed by atoms with E-state index >= 15 is 4.39 Å². The summed E-state index contributed by atoms with van der Waals surface area (Å²) < 4.78 is 45.0. The molecule has 1 fully saturated rings. The fourth-order valence-electron chi connectivity index (χ4n) is 5.23. The first-order valence-corrected chi connectivity index (χ1v) is 12.2. The molecule has 0 radical (unpaired) electrons. The Morgan fingerprint density at radius 3 is 2.16 bits per heavy atom. The van der Waals surface area contributed by atoms with Crippen LogP contribution >= 0.6 is 0 Å². The van der Waals surface area contributed by atoms with Crippen LogP contribution in [0.25, 0.3) is 21.9 Å². The summed E-state index contributed by atoms with van der Waals surface area (Å²) in [6, 6.07) is 12.8. The highest BCUT2D eigenvalue weighted by Crippen LogP contribution is 2.38. The maximum absolute atomic E-state index is 15.0. The van der Waals surface area contributed by atoms with Crippen LogP contribution < -0.4 is 0 Å². The number of aryl methyl sites for hydroxylation is 1. The summed E-state index contributed by atoms with van der Waals surface area (Å²) in [5, 5.41) is 0.169. The van der Waals surface area contributed by atoms with Gasteiger partial charge in [-0.3, -0.25) is 0 Å². The Balaban J connectivity index is 1.62. The molecule has 3 aromatic carbocycles. The second kappa shape index (κ2) is 10.1. The van der Waals surface area contributed by atoms with E-state index in [1.165, 1.54) is 37.7 Å². The van der Waals surface area contributed by atoms with Gasteiger partial charge in [-0.2, -0.15) is 0 Å². The van der Waals surface area contributed by atoms with Crippen LogP contribution in [0.15, 0.2) is 42.5 Å². The lowest BCUT2D eigenvalue weighted by Crippen LogP contribution is -2.12. The molecule has 0 atom stereocenters. The van der Waals surface area contributed by atoms with Crippen molar-refractivity contribution in [2.45, 2.75) is 77.6 Å². The Hall–Kier alpha value is -2.29. The quantitative estimate of drug-likeness (QED) is 0.322. The van der Waals surface area contributed by atoms with E-state index in [0.29, 0.717) is 28.9 Å². The van der Waals surface area contributed by atoms with Crippen LogP contribution in [0, 0.1) is 23.4 Å². The third kappa shape index (κ3) is 4.58. The Morgan fingerprint density at radius 1 is 0.781 bits per heavy atom. The van der Waals surface area contributed by atoms with E-state index in [2.05, 4.69) is 13.8 Å². The predicted octanol–water partition coefficient (Wildman–Crippen LogP) is 9.34. The first kappa shape index (κ1) is 22.9. The van der Waals surface area contributed by atoms with E-state index in [4.69, 9.17) is 0 Å². The van der Waals surface area contributed by atoms with Crippen molar-refractivity contribution in [3.05, 3.63) is 71.0 Å². The molecule has 0 amide bonds. The number of rotatable bonds is 7. The molecule has 0 nitrogen and oxygen atoms in total. The first-order chi connectivity index (χ1) is 15.5. The molecule has 3 heteroatoms. The summed E-state index contributed by atoms with van der Waals surface area (Å²) in [6.07, 6.45) is 9.56. The van der Waals surface area contributed by atoms with Gasteiger partial charge in [0, 0.05) is 5.56 Å². The predicted molar refractivity (Wildman–Crippen MR) is 127 cm³/mol. The summed E-state index contributed by atoms with van der Waals surface area (Å²) in [6.45, 7) is 4.34. The molecule has 1 aliphatic carbocycles. The fraction of sp³-hybridized carbons (Fsp3) is 0.448. The van der Waals surface area contributed by atoms with Crippen LogP contribution in [0.2, 0.25) is 0 Å². The van der Waals surface area contributed by atoms with E-state index in [-0.39, 0.29) is 10.9 Å². The number of halogens is 3. The third-order valence-electron chi connectivity index (χ3n) is 7.37.